The molecule has 0 saturated heterocycles. The number of ether oxygens (including phenoxy) is 1. The van der Waals surface area contributed by atoms with E-state index in [1.807, 2.05) is 0 Å². The number of aliphatic hydroxyl groups excluding tert-OH is 1. The summed E-state index contributed by atoms with van der Waals surface area (Å²) in [6, 6.07) is 5.76. The maximum absolute atomic E-state index is 11.6. The van der Waals surface area contributed by atoms with Gasteiger partial charge in [-0.05, 0) is 17.7 Å². The van der Waals surface area contributed by atoms with Crippen molar-refractivity contribution in [2.75, 3.05) is 12.4 Å². The molecule has 0 saturated carbocycles. The molecule has 1 aromatic rings. The van der Waals surface area contributed by atoms with Crippen LogP contribution in [0.2, 0.25) is 0 Å². The van der Waals surface area contributed by atoms with Gasteiger partial charge in [0.15, 0.2) is 15.9 Å². The van der Waals surface area contributed by atoms with Gasteiger partial charge in [-0.25, -0.2) is 13.2 Å². The normalized spacial score (nSPS) is 13.0. The largest absolute Gasteiger partial charge is 0.439 e. The van der Waals surface area contributed by atoms with Crippen LogP contribution in [0.5, 0.6) is 0 Å². The van der Waals surface area contributed by atoms with Crippen molar-refractivity contribution in [3.8, 4) is 0 Å². The van der Waals surface area contributed by atoms with E-state index in [0.717, 1.165) is 0 Å². The summed E-state index contributed by atoms with van der Waals surface area (Å²) in [4.78, 5) is 10.8. The number of carbonyl (C=O) groups is 1. The molecule has 1 aromatic carbocycles. The molecule has 0 heterocycles. The molecular weight excluding hydrogens is 258 g/mol. The molecule has 0 aromatic heterocycles. The second kappa shape index (κ2) is 5.83. The van der Waals surface area contributed by atoms with Crippen molar-refractivity contribution in [1.29, 1.82) is 0 Å². The molecule has 0 radical (unpaired) electrons. The molecule has 6 nitrogen and oxygen atoms in total. The number of hydrogen-bond donors (Lipinski definition) is 2. The molecule has 1 rings (SSSR count). The van der Waals surface area contributed by atoms with Crippen LogP contribution in [0, 0.1) is 0 Å². The number of primary amides is 1. The molecule has 0 fully saturated rings. The van der Waals surface area contributed by atoms with Crippen LogP contribution in [0.25, 0.3) is 0 Å². The van der Waals surface area contributed by atoms with E-state index in [1.54, 1.807) is 6.92 Å². The number of nitrogens with two attached hydrogens (primary N) is 1. The maximum atomic E-state index is 11.6. The molecule has 0 aliphatic rings. The topological polar surface area (TPSA) is 107 Å². The molecule has 3 N–H and O–H groups in total. The Balaban J connectivity index is 2.98. The molecule has 7 heteroatoms. The highest BCUT2D eigenvalue weighted by Crippen LogP contribution is 2.19. The van der Waals surface area contributed by atoms with Crippen LogP contribution >= 0.6 is 0 Å². The van der Waals surface area contributed by atoms with Gasteiger partial charge in [-0.3, -0.25) is 0 Å². The monoisotopic (exact) mass is 273 g/mol. The van der Waals surface area contributed by atoms with Gasteiger partial charge in [0, 0.05) is 0 Å². The van der Waals surface area contributed by atoms with E-state index in [0.29, 0.717) is 5.56 Å². The standard InChI is InChI=1S/C11H15NO5S/c1-2-18(15,16)9-5-3-8(4-6-9)10(7-13)17-11(12)14/h3-6,10,13H,2,7H2,1H3,(H2,12,14)/t10-/m0/s1. The first-order valence-corrected chi connectivity index (χ1v) is 6.95. The summed E-state index contributed by atoms with van der Waals surface area (Å²) in [6.07, 6.45) is -1.89. The summed E-state index contributed by atoms with van der Waals surface area (Å²) in [5.41, 5.74) is 5.34. The van der Waals surface area contributed by atoms with Crippen LogP contribution in [0.3, 0.4) is 0 Å². The van der Waals surface area contributed by atoms with Gasteiger partial charge in [-0.2, -0.15) is 0 Å². The number of carbonyl (C=O) groups excluding carboxylic acids is 1. The zero-order valence-electron chi connectivity index (χ0n) is 9.87. The Labute approximate surface area is 105 Å². The lowest BCUT2D eigenvalue weighted by Gasteiger charge is -2.14. The predicted molar refractivity (Wildman–Crippen MR) is 64.7 cm³/mol. The van der Waals surface area contributed by atoms with Crippen LogP contribution < -0.4 is 5.73 Å². The van der Waals surface area contributed by atoms with Crippen molar-refractivity contribution in [3.63, 3.8) is 0 Å². The Hall–Kier alpha value is -1.60. The van der Waals surface area contributed by atoms with Gasteiger partial charge in [0.05, 0.1) is 17.3 Å². The summed E-state index contributed by atoms with van der Waals surface area (Å²) >= 11 is 0. The minimum Gasteiger partial charge on any atom is -0.439 e. The minimum atomic E-state index is -3.27. The predicted octanol–water partition coefficient (Wildman–Crippen LogP) is 0.609. The lowest BCUT2D eigenvalue weighted by Crippen LogP contribution is -2.19. The molecule has 1 amide bonds. The summed E-state index contributed by atoms with van der Waals surface area (Å²) in [6.45, 7) is 1.12. The molecule has 18 heavy (non-hydrogen) atoms. The molecule has 0 aliphatic heterocycles. The lowest BCUT2D eigenvalue weighted by molar-refractivity contribution is 0.0632. The van der Waals surface area contributed by atoms with Crippen molar-refractivity contribution in [2.45, 2.75) is 17.9 Å². The second-order valence-corrected chi connectivity index (χ2v) is 5.86. The fourth-order valence-electron chi connectivity index (χ4n) is 1.41. The average molecular weight is 273 g/mol. The Kier molecular flexibility index (Phi) is 4.69. The van der Waals surface area contributed by atoms with E-state index in [-0.39, 0.29) is 10.6 Å². The van der Waals surface area contributed by atoms with Gasteiger partial charge in [0.1, 0.15) is 0 Å². The van der Waals surface area contributed by atoms with E-state index < -0.39 is 28.6 Å². The molecule has 1 atom stereocenters. The third-order valence-electron chi connectivity index (χ3n) is 2.42. The number of rotatable bonds is 5. The number of amides is 1. The molecule has 0 spiro atoms. The molecule has 0 unspecified atom stereocenters. The third kappa shape index (κ3) is 3.44. The van der Waals surface area contributed by atoms with Crippen molar-refractivity contribution in [2.24, 2.45) is 5.73 Å². The van der Waals surface area contributed by atoms with E-state index in [9.17, 15) is 13.2 Å². The summed E-state index contributed by atoms with van der Waals surface area (Å²) < 4.78 is 27.8. The quantitative estimate of drug-likeness (QED) is 0.817. The molecule has 0 aliphatic carbocycles. The zero-order valence-corrected chi connectivity index (χ0v) is 10.7. The van der Waals surface area contributed by atoms with E-state index >= 15 is 0 Å². The molecule has 0 bridgehead atoms. The van der Waals surface area contributed by atoms with Gasteiger partial charge in [-0.15, -0.1) is 0 Å². The van der Waals surface area contributed by atoms with Crippen LogP contribution in [0.4, 0.5) is 4.79 Å². The van der Waals surface area contributed by atoms with Crippen LogP contribution in [-0.4, -0.2) is 32.0 Å². The number of benzene rings is 1. The van der Waals surface area contributed by atoms with Gasteiger partial charge in [0.25, 0.3) is 0 Å². The van der Waals surface area contributed by atoms with Gasteiger partial charge < -0.3 is 15.6 Å². The minimum absolute atomic E-state index is 0.00750. The van der Waals surface area contributed by atoms with Crippen molar-refractivity contribution in [1.82, 2.24) is 0 Å². The van der Waals surface area contributed by atoms with Gasteiger partial charge in [0.2, 0.25) is 0 Å². The summed E-state index contributed by atoms with van der Waals surface area (Å²) in [5, 5.41) is 9.05. The van der Waals surface area contributed by atoms with E-state index in [1.165, 1.54) is 24.3 Å². The van der Waals surface area contributed by atoms with E-state index in [4.69, 9.17) is 10.8 Å². The van der Waals surface area contributed by atoms with Crippen molar-refractivity contribution >= 4 is 15.9 Å². The lowest BCUT2D eigenvalue weighted by atomic mass is 10.1. The Morgan fingerprint density at radius 3 is 2.33 bits per heavy atom. The fourth-order valence-corrected chi connectivity index (χ4v) is 2.29. The SMILES string of the molecule is CCS(=O)(=O)c1ccc([C@H](CO)OC(N)=O)cc1. The van der Waals surface area contributed by atoms with Crippen molar-refractivity contribution in [3.05, 3.63) is 29.8 Å². The van der Waals surface area contributed by atoms with Crippen molar-refractivity contribution < 1.29 is 23.1 Å². The zero-order chi connectivity index (χ0) is 13.8. The first-order chi connectivity index (χ1) is 8.40. The van der Waals surface area contributed by atoms with E-state index in [2.05, 4.69) is 4.74 Å². The Morgan fingerprint density at radius 2 is 1.94 bits per heavy atom. The average Bonchev–Trinajstić information content (AvgIpc) is 2.36. The van der Waals surface area contributed by atoms with Gasteiger partial charge >= 0.3 is 6.09 Å². The first-order valence-electron chi connectivity index (χ1n) is 5.30. The van der Waals surface area contributed by atoms with Crippen LogP contribution in [0.15, 0.2) is 29.2 Å². The highest BCUT2D eigenvalue weighted by molar-refractivity contribution is 7.91. The number of sulfone groups is 1. The summed E-state index contributed by atoms with van der Waals surface area (Å²) in [7, 11) is -3.27. The second-order valence-electron chi connectivity index (χ2n) is 3.58. The molecular formula is C11H15NO5S. The Bertz CT molecular complexity index is 509. The maximum Gasteiger partial charge on any atom is 0.405 e. The third-order valence-corrected chi connectivity index (χ3v) is 4.17. The van der Waals surface area contributed by atoms with Gasteiger partial charge in [-0.1, -0.05) is 19.1 Å². The number of hydrogen-bond acceptors (Lipinski definition) is 5. The number of aliphatic hydroxyl groups is 1. The summed E-state index contributed by atoms with van der Waals surface area (Å²) in [5.74, 6) is 0.00750. The Morgan fingerprint density at radius 1 is 1.39 bits per heavy atom. The first kappa shape index (κ1) is 14.5. The highest BCUT2D eigenvalue weighted by Gasteiger charge is 2.16. The smallest absolute Gasteiger partial charge is 0.405 e. The van der Waals surface area contributed by atoms with Crippen LogP contribution in [0.1, 0.15) is 18.6 Å². The van der Waals surface area contributed by atoms with Crippen LogP contribution in [-0.2, 0) is 14.6 Å². The molecule has 100 valence electrons. The highest BCUT2D eigenvalue weighted by atomic mass is 32.2. The fraction of sp³-hybridized carbons (Fsp3) is 0.364.